The standard InChI is InChI=1S/C22H27N3O/c26-22(25-15-13-24(14-16-25)20-11-12-23-17-20)21(18-7-3-1-4-8-18)19-9-5-2-6-10-19/h1-10,20-21,23H,11-17H2. The smallest absolute Gasteiger partial charge is 0.234 e. The molecule has 2 aromatic rings. The highest BCUT2D eigenvalue weighted by Gasteiger charge is 2.32. The summed E-state index contributed by atoms with van der Waals surface area (Å²) in [5.41, 5.74) is 2.15. The van der Waals surface area contributed by atoms with E-state index in [4.69, 9.17) is 0 Å². The van der Waals surface area contributed by atoms with Gasteiger partial charge in [0.15, 0.2) is 0 Å². The molecule has 0 bridgehead atoms. The van der Waals surface area contributed by atoms with Gasteiger partial charge in [0.05, 0.1) is 5.92 Å². The maximum Gasteiger partial charge on any atom is 0.234 e. The van der Waals surface area contributed by atoms with Crippen molar-refractivity contribution >= 4 is 5.91 Å². The van der Waals surface area contributed by atoms with Crippen LogP contribution in [-0.4, -0.2) is 61.0 Å². The van der Waals surface area contributed by atoms with Crippen LogP contribution in [0.2, 0.25) is 0 Å². The fourth-order valence-corrected chi connectivity index (χ4v) is 4.21. The molecule has 0 spiro atoms. The number of carbonyl (C=O) groups is 1. The molecule has 2 fully saturated rings. The summed E-state index contributed by atoms with van der Waals surface area (Å²) >= 11 is 0. The molecule has 1 unspecified atom stereocenters. The van der Waals surface area contributed by atoms with Crippen molar-refractivity contribution in [1.82, 2.24) is 15.1 Å². The van der Waals surface area contributed by atoms with Gasteiger partial charge in [0.1, 0.15) is 0 Å². The Kier molecular flexibility index (Phi) is 5.32. The normalized spacial score (nSPS) is 21.3. The summed E-state index contributed by atoms with van der Waals surface area (Å²) in [6, 6.07) is 21.0. The van der Waals surface area contributed by atoms with Gasteiger partial charge in [-0.2, -0.15) is 0 Å². The zero-order valence-electron chi connectivity index (χ0n) is 15.2. The molecular weight excluding hydrogens is 322 g/mol. The van der Waals surface area contributed by atoms with Crippen LogP contribution in [0, 0.1) is 0 Å². The zero-order chi connectivity index (χ0) is 17.8. The molecule has 0 saturated carbocycles. The van der Waals surface area contributed by atoms with Crippen LogP contribution in [0.1, 0.15) is 23.5 Å². The molecular formula is C22H27N3O. The minimum absolute atomic E-state index is 0.211. The number of amides is 1. The lowest BCUT2D eigenvalue weighted by Gasteiger charge is -2.39. The Labute approximate surface area is 155 Å². The molecule has 2 aliphatic heterocycles. The van der Waals surface area contributed by atoms with E-state index in [0.29, 0.717) is 6.04 Å². The fourth-order valence-electron chi connectivity index (χ4n) is 4.21. The van der Waals surface area contributed by atoms with Crippen LogP contribution in [0.25, 0.3) is 0 Å². The largest absolute Gasteiger partial charge is 0.339 e. The number of carbonyl (C=O) groups excluding carboxylic acids is 1. The molecule has 1 atom stereocenters. The maximum atomic E-state index is 13.4. The molecule has 26 heavy (non-hydrogen) atoms. The summed E-state index contributed by atoms with van der Waals surface area (Å²) in [7, 11) is 0. The number of hydrogen-bond acceptors (Lipinski definition) is 3. The van der Waals surface area contributed by atoms with Crippen molar-refractivity contribution in [1.29, 1.82) is 0 Å². The summed E-state index contributed by atoms with van der Waals surface area (Å²) in [6.07, 6.45) is 1.23. The third kappa shape index (κ3) is 3.67. The average molecular weight is 349 g/mol. The van der Waals surface area contributed by atoms with Gasteiger partial charge in [-0.1, -0.05) is 60.7 Å². The second-order valence-electron chi connectivity index (χ2n) is 7.26. The SMILES string of the molecule is O=C(C(c1ccccc1)c1ccccc1)N1CCN(C2CCNC2)CC1. The van der Waals surface area contributed by atoms with E-state index in [1.54, 1.807) is 0 Å². The number of benzene rings is 2. The van der Waals surface area contributed by atoms with Gasteiger partial charge in [-0.25, -0.2) is 0 Å². The maximum absolute atomic E-state index is 13.4. The van der Waals surface area contributed by atoms with E-state index >= 15 is 0 Å². The van der Waals surface area contributed by atoms with E-state index in [1.807, 2.05) is 36.4 Å². The van der Waals surface area contributed by atoms with Gasteiger partial charge in [0.25, 0.3) is 0 Å². The monoisotopic (exact) mass is 349 g/mol. The average Bonchev–Trinajstić information content (AvgIpc) is 3.25. The first-order chi connectivity index (χ1) is 12.8. The first kappa shape index (κ1) is 17.3. The number of piperazine rings is 1. The van der Waals surface area contributed by atoms with Crippen molar-refractivity contribution in [3.05, 3.63) is 71.8 Å². The molecule has 0 aliphatic carbocycles. The second-order valence-corrected chi connectivity index (χ2v) is 7.26. The van der Waals surface area contributed by atoms with Crippen LogP contribution in [0.15, 0.2) is 60.7 Å². The summed E-state index contributed by atoms with van der Waals surface area (Å²) in [4.78, 5) is 18.0. The third-order valence-corrected chi connectivity index (χ3v) is 5.69. The van der Waals surface area contributed by atoms with E-state index in [0.717, 1.165) is 50.4 Å². The molecule has 2 aromatic carbocycles. The minimum Gasteiger partial charge on any atom is -0.339 e. The highest BCUT2D eigenvalue weighted by Crippen LogP contribution is 2.27. The molecule has 0 radical (unpaired) electrons. The van der Waals surface area contributed by atoms with Crippen molar-refractivity contribution in [3.8, 4) is 0 Å². The Morgan fingerprint density at radius 2 is 1.46 bits per heavy atom. The summed E-state index contributed by atoms with van der Waals surface area (Å²) in [5, 5.41) is 3.44. The molecule has 136 valence electrons. The first-order valence-corrected chi connectivity index (χ1v) is 9.66. The lowest BCUT2D eigenvalue weighted by Crippen LogP contribution is -2.53. The van der Waals surface area contributed by atoms with E-state index < -0.39 is 0 Å². The Hall–Kier alpha value is -2.17. The van der Waals surface area contributed by atoms with Gasteiger partial charge in [-0.3, -0.25) is 9.69 Å². The van der Waals surface area contributed by atoms with Gasteiger partial charge < -0.3 is 10.2 Å². The van der Waals surface area contributed by atoms with E-state index in [9.17, 15) is 4.79 Å². The molecule has 0 aromatic heterocycles. The van der Waals surface area contributed by atoms with Gasteiger partial charge in [0, 0.05) is 38.8 Å². The number of hydrogen-bond donors (Lipinski definition) is 1. The molecule has 2 heterocycles. The summed E-state index contributed by atoms with van der Waals surface area (Å²) in [5.74, 6) is 0.0173. The Balaban J connectivity index is 1.50. The third-order valence-electron chi connectivity index (χ3n) is 5.69. The Morgan fingerprint density at radius 3 is 1.96 bits per heavy atom. The molecule has 1 N–H and O–H groups in total. The second kappa shape index (κ2) is 8.02. The van der Waals surface area contributed by atoms with Crippen molar-refractivity contribution in [2.45, 2.75) is 18.4 Å². The highest BCUT2D eigenvalue weighted by molar-refractivity contribution is 5.87. The van der Waals surface area contributed by atoms with Gasteiger partial charge >= 0.3 is 0 Å². The van der Waals surface area contributed by atoms with Crippen molar-refractivity contribution in [2.24, 2.45) is 0 Å². The molecule has 4 nitrogen and oxygen atoms in total. The Morgan fingerprint density at radius 1 is 0.885 bits per heavy atom. The van der Waals surface area contributed by atoms with Crippen molar-refractivity contribution in [2.75, 3.05) is 39.3 Å². The van der Waals surface area contributed by atoms with Crippen LogP contribution in [0.3, 0.4) is 0 Å². The summed E-state index contributed by atoms with van der Waals surface area (Å²) < 4.78 is 0. The van der Waals surface area contributed by atoms with Gasteiger partial charge in [0.2, 0.25) is 5.91 Å². The van der Waals surface area contributed by atoms with Crippen LogP contribution >= 0.6 is 0 Å². The number of nitrogens with zero attached hydrogens (tertiary/aromatic N) is 2. The van der Waals surface area contributed by atoms with E-state index in [1.165, 1.54) is 6.42 Å². The fraction of sp³-hybridized carbons (Fsp3) is 0.409. The number of nitrogens with one attached hydrogen (secondary N) is 1. The minimum atomic E-state index is -0.211. The lowest BCUT2D eigenvalue weighted by atomic mass is 9.90. The zero-order valence-corrected chi connectivity index (χ0v) is 15.2. The summed E-state index contributed by atoms with van der Waals surface area (Å²) in [6.45, 7) is 5.82. The predicted octanol–water partition coefficient (Wildman–Crippen LogP) is 2.32. The predicted molar refractivity (Wildman–Crippen MR) is 104 cm³/mol. The van der Waals surface area contributed by atoms with E-state index in [2.05, 4.69) is 39.4 Å². The van der Waals surface area contributed by atoms with Crippen LogP contribution in [0.5, 0.6) is 0 Å². The van der Waals surface area contributed by atoms with Gasteiger partial charge in [-0.15, -0.1) is 0 Å². The van der Waals surface area contributed by atoms with Crippen molar-refractivity contribution < 1.29 is 4.79 Å². The Bertz CT molecular complexity index is 665. The topological polar surface area (TPSA) is 35.6 Å². The van der Waals surface area contributed by atoms with Crippen molar-refractivity contribution in [3.63, 3.8) is 0 Å². The molecule has 4 rings (SSSR count). The van der Waals surface area contributed by atoms with Crippen LogP contribution in [0.4, 0.5) is 0 Å². The first-order valence-electron chi connectivity index (χ1n) is 9.66. The lowest BCUT2D eigenvalue weighted by molar-refractivity contribution is -0.133. The van der Waals surface area contributed by atoms with Crippen LogP contribution < -0.4 is 5.32 Å². The molecule has 2 saturated heterocycles. The van der Waals surface area contributed by atoms with E-state index in [-0.39, 0.29) is 11.8 Å². The molecule has 2 aliphatic rings. The number of rotatable bonds is 4. The van der Waals surface area contributed by atoms with Crippen LogP contribution in [-0.2, 0) is 4.79 Å². The molecule has 1 amide bonds. The highest BCUT2D eigenvalue weighted by atomic mass is 16.2. The molecule has 4 heteroatoms. The van der Waals surface area contributed by atoms with Gasteiger partial charge in [-0.05, 0) is 24.1 Å². The quantitative estimate of drug-likeness (QED) is 0.920.